The number of benzene rings is 2. The summed E-state index contributed by atoms with van der Waals surface area (Å²) in [5.41, 5.74) is 8.88. The van der Waals surface area contributed by atoms with Gasteiger partial charge in [0.25, 0.3) is 0 Å². The van der Waals surface area contributed by atoms with Crippen LogP contribution in [0.15, 0.2) is 54.6 Å². The quantitative estimate of drug-likeness (QED) is 0.109. The van der Waals surface area contributed by atoms with Crippen molar-refractivity contribution in [2.45, 2.75) is 102 Å². The second kappa shape index (κ2) is 19.0. The summed E-state index contributed by atoms with van der Waals surface area (Å²) in [6, 6.07) is 15.4. The van der Waals surface area contributed by atoms with E-state index in [1.54, 1.807) is 4.90 Å². The summed E-state index contributed by atoms with van der Waals surface area (Å²) < 4.78 is 0. The number of piperidine rings is 1. The van der Waals surface area contributed by atoms with Gasteiger partial charge in [-0.15, -0.1) is 0 Å². The molecule has 4 atom stereocenters. The minimum atomic E-state index is -1.42. The van der Waals surface area contributed by atoms with Gasteiger partial charge in [-0.05, 0) is 86.3 Å². The number of nitrogens with one attached hydrogen (secondary N) is 3. The minimum absolute atomic E-state index is 0.0772. The van der Waals surface area contributed by atoms with Crippen LogP contribution < -0.4 is 21.7 Å². The van der Waals surface area contributed by atoms with Gasteiger partial charge in [-0.1, -0.05) is 68.4 Å². The molecule has 49 heavy (non-hydrogen) atoms. The van der Waals surface area contributed by atoms with Crippen molar-refractivity contribution in [3.63, 3.8) is 0 Å². The lowest BCUT2D eigenvalue weighted by Gasteiger charge is -2.34. The molecule has 2 aromatic carbocycles. The normalized spacial score (nSPS) is 18.2. The van der Waals surface area contributed by atoms with Gasteiger partial charge in [-0.3, -0.25) is 19.2 Å². The largest absolute Gasteiger partial charge is 0.454 e. The van der Waals surface area contributed by atoms with E-state index in [1.165, 1.54) is 0 Å². The fraction of sp³-hybridized carbons (Fsp3) is 0.568. The highest BCUT2D eigenvalue weighted by molar-refractivity contribution is 6.43. The lowest BCUT2D eigenvalue weighted by molar-refractivity contribution is -0.139. The molecule has 11 nitrogen and oxygen atoms in total. The van der Waals surface area contributed by atoms with Gasteiger partial charge in [0.1, 0.15) is 6.04 Å². The van der Waals surface area contributed by atoms with Crippen LogP contribution >= 0.6 is 0 Å². The molecular weight excluding hydrogens is 621 g/mol. The topological polar surface area (TPSA) is 174 Å². The molecule has 12 heteroatoms. The number of likely N-dealkylation sites (tertiary alicyclic amines) is 1. The Balaban J connectivity index is 1.47. The fourth-order valence-electron chi connectivity index (χ4n) is 6.92. The first-order valence-electron chi connectivity index (χ1n) is 17.9. The zero-order chi connectivity index (χ0) is 35.3. The molecule has 1 saturated heterocycles. The molecule has 0 bridgehead atoms. The maximum atomic E-state index is 14.1. The summed E-state index contributed by atoms with van der Waals surface area (Å²) in [6.45, 7) is 5.76. The standard InChI is InChI=1S/C37H54BN5O6/c1-25(2)20-29(35(45)41-31(14-8-9-17-39)37(47)43-18-15-30(16-19-43)38(48)49)23-34(44)32(21-26-10-4-3-5-11-26)42-36(46)33-22-27-12-6-7-13-28(27)24-40-33/h3-7,10-13,25,29-33,40,48-49H,8-9,14-24,39H2,1-2H3,(H,41,45)(H,42,46)/t29-,31+,32+,33+/m0/s1. The van der Waals surface area contributed by atoms with Crippen LogP contribution in [0.2, 0.25) is 5.82 Å². The first kappa shape index (κ1) is 38.2. The molecule has 3 amide bonds. The number of unbranched alkanes of at least 4 members (excludes halogenated alkanes) is 1. The van der Waals surface area contributed by atoms with E-state index in [4.69, 9.17) is 5.73 Å². The minimum Gasteiger partial charge on any atom is -0.427 e. The Kier molecular flexibility index (Phi) is 14.8. The van der Waals surface area contributed by atoms with Crippen LogP contribution in [0.4, 0.5) is 0 Å². The number of Topliss-reactive ketones (excluding diaryl/α,β-unsaturated/α-hetero) is 1. The van der Waals surface area contributed by atoms with Crippen LogP contribution in [0, 0.1) is 11.8 Å². The van der Waals surface area contributed by atoms with Crippen molar-refractivity contribution < 1.29 is 29.2 Å². The lowest BCUT2D eigenvalue weighted by atomic mass is 9.67. The third-order valence-corrected chi connectivity index (χ3v) is 9.79. The molecule has 2 aromatic rings. The smallest absolute Gasteiger partial charge is 0.427 e. The monoisotopic (exact) mass is 675 g/mol. The molecule has 2 heterocycles. The van der Waals surface area contributed by atoms with Crippen molar-refractivity contribution >= 4 is 30.6 Å². The van der Waals surface area contributed by atoms with Gasteiger partial charge in [0.15, 0.2) is 5.78 Å². The van der Waals surface area contributed by atoms with E-state index in [1.807, 2.05) is 68.4 Å². The number of ketones is 1. The van der Waals surface area contributed by atoms with Crippen LogP contribution in [-0.2, 0) is 38.6 Å². The third kappa shape index (κ3) is 11.5. The van der Waals surface area contributed by atoms with Crippen LogP contribution in [0.3, 0.4) is 0 Å². The Morgan fingerprint density at radius 1 is 0.939 bits per heavy atom. The van der Waals surface area contributed by atoms with Gasteiger partial charge >= 0.3 is 7.12 Å². The SMILES string of the molecule is CC(C)C[C@@H](CC(=O)[C@@H](Cc1ccccc1)NC(=O)[C@H]1Cc2ccccc2CN1)C(=O)N[C@H](CCCCN)C(=O)N1CCC(B(O)O)CC1. The average Bonchev–Trinajstić information content (AvgIpc) is 3.10. The van der Waals surface area contributed by atoms with Crippen LogP contribution in [-0.4, -0.2) is 83.3 Å². The zero-order valence-electron chi connectivity index (χ0n) is 29.0. The second-order valence-electron chi connectivity index (χ2n) is 14.1. The molecule has 266 valence electrons. The van der Waals surface area contributed by atoms with Gasteiger partial charge in [-0.2, -0.15) is 0 Å². The Labute approximate surface area is 290 Å². The van der Waals surface area contributed by atoms with Crippen LogP contribution in [0.5, 0.6) is 0 Å². The fourth-order valence-corrected chi connectivity index (χ4v) is 6.92. The van der Waals surface area contributed by atoms with E-state index in [0.717, 1.165) is 16.7 Å². The van der Waals surface area contributed by atoms with Crippen molar-refractivity contribution in [1.82, 2.24) is 20.9 Å². The molecule has 1 fully saturated rings. The second-order valence-corrected chi connectivity index (χ2v) is 14.1. The Morgan fingerprint density at radius 3 is 2.27 bits per heavy atom. The zero-order valence-corrected chi connectivity index (χ0v) is 29.0. The molecule has 4 rings (SSSR count). The first-order chi connectivity index (χ1) is 23.5. The number of fused-ring (bicyclic) bond motifs is 1. The molecule has 2 aliphatic rings. The van der Waals surface area contributed by atoms with Gasteiger partial charge in [0.2, 0.25) is 17.7 Å². The van der Waals surface area contributed by atoms with E-state index in [-0.39, 0.29) is 41.7 Å². The molecule has 0 spiro atoms. The molecular formula is C37H54BN5O6. The summed E-state index contributed by atoms with van der Waals surface area (Å²) in [7, 11) is -1.42. The van der Waals surface area contributed by atoms with Gasteiger partial charge in [0, 0.05) is 32.0 Å². The number of hydrogen-bond acceptors (Lipinski definition) is 8. The Morgan fingerprint density at radius 2 is 1.61 bits per heavy atom. The third-order valence-electron chi connectivity index (χ3n) is 9.79. The van der Waals surface area contributed by atoms with E-state index < -0.39 is 31.2 Å². The van der Waals surface area contributed by atoms with Crippen molar-refractivity contribution in [3.8, 4) is 0 Å². The predicted molar refractivity (Wildman–Crippen MR) is 190 cm³/mol. The van der Waals surface area contributed by atoms with Gasteiger partial charge in [0.05, 0.1) is 12.1 Å². The first-order valence-corrected chi connectivity index (χ1v) is 17.9. The maximum absolute atomic E-state index is 14.1. The van der Waals surface area contributed by atoms with E-state index in [2.05, 4.69) is 16.0 Å². The van der Waals surface area contributed by atoms with Crippen molar-refractivity contribution in [1.29, 1.82) is 0 Å². The maximum Gasteiger partial charge on any atom is 0.454 e. The molecule has 7 N–H and O–H groups in total. The molecule has 0 radical (unpaired) electrons. The molecule has 2 aliphatic heterocycles. The van der Waals surface area contributed by atoms with Gasteiger partial charge in [-0.25, -0.2) is 0 Å². The number of carbonyl (C=O) groups excluding carboxylic acids is 4. The Bertz CT molecular complexity index is 1380. The van der Waals surface area contributed by atoms with Crippen molar-refractivity contribution in [2.24, 2.45) is 17.6 Å². The number of hydrogen-bond donors (Lipinski definition) is 6. The number of amides is 3. The highest BCUT2D eigenvalue weighted by Crippen LogP contribution is 2.25. The summed E-state index contributed by atoms with van der Waals surface area (Å²) in [6.07, 6.45) is 3.88. The molecule has 0 unspecified atom stereocenters. The summed E-state index contributed by atoms with van der Waals surface area (Å²) in [4.78, 5) is 56.9. The van der Waals surface area contributed by atoms with Gasteiger partial charge < -0.3 is 36.6 Å². The van der Waals surface area contributed by atoms with E-state index in [9.17, 15) is 29.2 Å². The Hall–Kier alpha value is -3.58. The molecule has 0 saturated carbocycles. The summed E-state index contributed by atoms with van der Waals surface area (Å²) in [5.74, 6) is -1.92. The number of rotatable bonds is 17. The van der Waals surface area contributed by atoms with Crippen molar-refractivity contribution in [3.05, 3.63) is 71.3 Å². The lowest BCUT2D eigenvalue weighted by Crippen LogP contribution is -2.54. The van der Waals surface area contributed by atoms with Crippen LogP contribution in [0.25, 0.3) is 0 Å². The molecule has 0 aromatic heterocycles. The highest BCUT2D eigenvalue weighted by Gasteiger charge is 2.35. The van der Waals surface area contributed by atoms with E-state index >= 15 is 0 Å². The summed E-state index contributed by atoms with van der Waals surface area (Å²) >= 11 is 0. The number of nitrogens with zero attached hydrogens (tertiary/aromatic N) is 1. The predicted octanol–water partition coefficient (Wildman–Crippen LogP) is 2.13. The molecule has 0 aliphatic carbocycles. The van der Waals surface area contributed by atoms with E-state index in [0.29, 0.717) is 77.5 Å². The van der Waals surface area contributed by atoms with Crippen molar-refractivity contribution in [2.75, 3.05) is 19.6 Å². The highest BCUT2D eigenvalue weighted by atomic mass is 16.4. The van der Waals surface area contributed by atoms with Crippen LogP contribution in [0.1, 0.15) is 75.5 Å². The average molecular weight is 676 g/mol. The summed E-state index contributed by atoms with van der Waals surface area (Å²) in [5, 5.41) is 28.5. The number of carbonyl (C=O) groups is 4. The number of nitrogens with two attached hydrogens (primary N) is 1.